The second-order valence-electron chi connectivity index (χ2n) is 17.5. The fraction of sp³-hybridized carbons (Fsp3) is 0.179. The standard InChI is InChI=1S/C56H42S/c1-2-13-35(14-3-1)52-39-15-4-6-17-41(39)53(42-18-7-5-16-40(42)52)36-25-26-49-48(32-36)55-47(23-12-24-50(55)57-49)54-43-19-8-10-21-45(43)56(46-22-11-9-20-44(46)54)51-37-28-33-27-34(30-37)31-38(51)29-33/h1-26,32-34,37-38,51H,27-31H2. The summed E-state index contributed by atoms with van der Waals surface area (Å²) in [6, 6.07) is 62.3. The van der Waals surface area contributed by atoms with Gasteiger partial charge in [-0.1, -0.05) is 146 Å². The van der Waals surface area contributed by atoms with Crippen molar-refractivity contribution >= 4 is 74.6 Å². The molecular formula is C56H42S. The number of benzene rings is 9. The zero-order valence-corrected chi connectivity index (χ0v) is 32.7. The van der Waals surface area contributed by atoms with Crippen molar-refractivity contribution in [1.82, 2.24) is 0 Å². The lowest BCUT2D eigenvalue weighted by Crippen LogP contribution is -2.43. The van der Waals surface area contributed by atoms with E-state index in [0.717, 1.165) is 23.7 Å². The van der Waals surface area contributed by atoms with E-state index < -0.39 is 0 Å². The van der Waals surface area contributed by atoms with Gasteiger partial charge < -0.3 is 0 Å². The Morgan fingerprint density at radius 1 is 0.351 bits per heavy atom. The molecule has 4 bridgehead atoms. The van der Waals surface area contributed by atoms with Gasteiger partial charge >= 0.3 is 0 Å². The van der Waals surface area contributed by atoms with Gasteiger partial charge in [0.05, 0.1) is 0 Å². The molecule has 0 amide bonds. The smallest absolute Gasteiger partial charge is 0.0361 e. The minimum absolute atomic E-state index is 0.667. The molecule has 9 aromatic carbocycles. The topological polar surface area (TPSA) is 0 Å². The molecular weight excluding hydrogens is 705 g/mol. The van der Waals surface area contributed by atoms with E-state index in [2.05, 4.69) is 164 Å². The van der Waals surface area contributed by atoms with Crippen LogP contribution >= 0.6 is 11.3 Å². The van der Waals surface area contributed by atoms with Crippen LogP contribution in [0.2, 0.25) is 0 Å². The van der Waals surface area contributed by atoms with E-state index in [1.54, 1.807) is 5.56 Å². The van der Waals surface area contributed by atoms with E-state index in [1.165, 1.54) is 129 Å². The average molecular weight is 747 g/mol. The van der Waals surface area contributed by atoms with E-state index >= 15 is 0 Å². The molecule has 1 heteroatoms. The Morgan fingerprint density at radius 2 is 0.842 bits per heavy atom. The third-order valence-electron chi connectivity index (χ3n) is 14.6. The molecule has 0 saturated heterocycles. The van der Waals surface area contributed by atoms with Crippen molar-refractivity contribution in [1.29, 1.82) is 0 Å². The Bertz CT molecular complexity index is 3110. The lowest BCUT2D eigenvalue weighted by molar-refractivity contribution is -0.00185. The van der Waals surface area contributed by atoms with Crippen molar-refractivity contribution < 1.29 is 0 Å². The van der Waals surface area contributed by atoms with Crippen LogP contribution in [0, 0.1) is 23.7 Å². The van der Waals surface area contributed by atoms with Gasteiger partial charge in [-0.05, 0) is 162 Å². The summed E-state index contributed by atoms with van der Waals surface area (Å²) in [5, 5.41) is 13.7. The predicted molar refractivity (Wildman–Crippen MR) is 245 cm³/mol. The molecule has 4 aliphatic carbocycles. The fourth-order valence-electron chi connectivity index (χ4n) is 12.8. The molecule has 1 aromatic heterocycles. The van der Waals surface area contributed by atoms with Crippen LogP contribution in [-0.4, -0.2) is 0 Å². The molecule has 10 aromatic rings. The van der Waals surface area contributed by atoms with Crippen LogP contribution in [0.1, 0.15) is 43.6 Å². The average Bonchev–Trinajstić information content (AvgIpc) is 3.63. The molecule has 0 unspecified atom stereocenters. The van der Waals surface area contributed by atoms with E-state index in [0.29, 0.717) is 5.92 Å². The van der Waals surface area contributed by atoms with E-state index in [-0.39, 0.29) is 0 Å². The van der Waals surface area contributed by atoms with Crippen LogP contribution in [0.15, 0.2) is 164 Å². The minimum Gasteiger partial charge on any atom is -0.135 e. The normalized spacial score (nSPS) is 21.5. The molecule has 0 aliphatic heterocycles. The van der Waals surface area contributed by atoms with Gasteiger partial charge in [0.1, 0.15) is 0 Å². The SMILES string of the molecule is c1ccc(-c2c3ccccc3c(-c3ccc4sc5cccc(-c6c7ccccc7c(C7C8CC9CC(C8)CC7C9)c7ccccc67)c5c4c3)c3ccccc23)cc1. The highest BCUT2D eigenvalue weighted by molar-refractivity contribution is 7.26. The molecule has 57 heavy (non-hydrogen) atoms. The third kappa shape index (κ3) is 4.73. The van der Waals surface area contributed by atoms with Crippen LogP contribution in [0.4, 0.5) is 0 Å². The van der Waals surface area contributed by atoms with Gasteiger partial charge in [0, 0.05) is 20.2 Å². The van der Waals surface area contributed by atoms with Crippen LogP contribution in [0.25, 0.3) is 96.6 Å². The zero-order chi connectivity index (χ0) is 37.2. The quantitative estimate of drug-likeness (QED) is 0.157. The summed E-state index contributed by atoms with van der Waals surface area (Å²) >= 11 is 1.93. The summed E-state index contributed by atoms with van der Waals surface area (Å²) in [5.41, 5.74) is 9.56. The Morgan fingerprint density at radius 3 is 1.40 bits per heavy atom. The molecule has 0 N–H and O–H groups in total. The first-order chi connectivity index (χ1) is 28.3. The summed E-state index contributed by atoms with van der Waals surface area (Å²) in [7, 11) is 0. The Kier molecular flexibility index (Phi) is 7.02. The zero-order valence-electron chi connectivity index (χ0n) is 31.9. The van der Waals surface area contributed by atoms with Crippen LogP contribution in [-0.2, 0) is 0 Å². The van der Waals surface area contributed by atoms with Gasteiger partial charge in [-0.15, -0.1) is 11.3 Å². The Balaban J connectivity index is 1.08. The maximum absolute atomic E-state index is 2.52. The van der Waals surface area contributed by atoms with Crippen molar-refractivity contribution in [3.8, 4) is 33.4 Å². The number of rotatable bonds is 4. The number of thiophene rings is 1. The molecule has 0 nitrogen and oxygen atoms in total. The Labute approximate surface area is 337 Å². The lowest BCUT2D eigenvalue weighted by atomic mass is 9.50. The molecule has 4 aliphatic rings. The van der Waals surface area contributed by atoms with Crippen LogP contribution in [0.3, 0.4) is 0 Å². The van der Waals surface area contributed by atoms with Crippen molar-refractivity contribution in [3.63, 3.8) is 0 Å². The second kappa shape index (κ2) is 12.4. The van der Waals surface area contributed by atoms with Crippen molar-refractivity contribution in [2.45, 2.75) is 38.0 Å². The predicted octanol–water partition coefficient (Wildman–Crippen LogP) is 16.2. The maximum Gasteiger partial charge on any atom is 0.0361 e. The van der Waals surface area contributed by atoms with Crippen LogP contribution < -0.4 is 0 Å². The first-order valence-corrected chi connectivity index (χ1v) is 22.0. The number of fused-ring (bicyclic) bond motifs is 7. The highest BCUT2D eigenvalue weighted by atomic mass is 32.1. The highest BCUT2D eigenvalue weighted by Crippen LogP contribution is 2.62. The number of hydrogen-bond acceptors (Lipinski definition) is 1. The van der Waals surface area contributed by atoms with E-state index in [9.17, 15) is 0 Å². The van der Waals surface area contributed by atoms with Gasteiger partial charge in [0.2, 0.25) is 0 Å². The fourth-order valence-corrected chi connectivity index (χ4v) is 13.9. The maximum atomic E-state index is 2.52. The molecule has 0 spiro atoms. The van der Waals surface area contributed by atoms with Gasteiger partial charge in [-0.2, -0.15) is 0 Å². The largest absolute Gasteiger partial charge is 0.135 e. The van der Waals surface area contributed by atoms with E-state index in [4.69, 9.17) is 0 Å². The minimum atomic E-state index is 0.667. The van der Waals surface area contributed by atoms with Crippen molar-refractivity contribution in [2.75, 3.05) is 0 Å². The highest BCUT2D eigenvalue weighted by Gasteiger charge is 2.49. The molecule has 272 valence electrons. The van der Waals surface area contributed by atoms with Crippen LogP contribution in [0.5, 0.6) is 0 Å². The molecule has 14 rings (SSSR count). The first-order valence-electron chi connectivity index (χ1n) is 21.1. The summed E-state index contributed by atoms with van der Waals surface area (Å²) in [5.74, 6) is 4.26. The third-order valence-corrected chi connectivity index (χ3v) is 15.7. The molecule has 1 heterocycles. The van der Waals surface area contributed by atoms with Gasteiger partial charge in [-0.3, -0.25) is 0 Å². The van der Waals surface area contributed by atoms with Gasteiger partial charge in [0.25, 0.3) is 0 Å². The summed E-state index contributed by atoms with van der Waals surface area (Å²) in [4.78, 5) is 0. The van der Waals surface area contributed by atoms with Gasteiger partial charge in [-0.25, -0.2) is 0 Å². The second-order valence-corrected chi connectivity index (χ2v) is 18.6. The summed E-state index contributed by atoms with van der Waals surface area (Å²) < 4.78 is 2.70. The molecule has 4 fully saturated rings. The van der Waals surface area contributed by atoms with Crippen molar-refractivity contribution in [3.05, 3.63) is 169 Å². The van der Waals surface area contributed by atoms with Gasteiger partial charge in [0.15, 0.2) is 0 Å². The van der Waals surface area contributed by atoms with E-state index in [1.807, 2.05) is 11.3 Å². The molecule has 4 saturated carbocycles. The first kappa shape index (κ1) is 32.3. The summed E-state index contributed by atoms with van der Waals surface area (Å²) in [6.07, 6.45) is 7.23. The van der Waals surface area contributed by atoms with Crippen molar-refractivity contribution in [2.24, 2.45) is 23.7 Å². The monoisotopic (exact) mass is 746 g/mol. The Hall–Kier alpha value is -5.76. The number of hydrogen-bond donors (Lipinski definition) is 0. The molecule has 0 radical (unpaired) electrons. The summed E-state index contributed by atoms with van der Waals surface area (Å²) in [6.45, 7) is 0. The molecule has 0 atom stereocenters. The lowest BCUT2D eigenvalue weighted by Gasteiger charge is -2.55.